The molecule has 0 aliphatic carbocycles. The molecule has 0 saturated heterocycles. The van der Waals surface area contributed by atoms with Crippen molar-refractivity contribution in [2.75, 3.05) is 25.5 Å². The monoisotopic (exact) mass is 266 g/mol. The molecule has 19 heavy (non-hydrogen) atoms. The van der Waals surface area contributed by atoms with Crippen LogP contribution in [0.5, 0.6) is 5.75 Å². The molecule has 106 valence electrons. The van der Waals surface area contributed by atoms with Crippen LogP contribution >= 0.6 is 0 Å². The number of hydrogen-bond acceptors (Lipinski definition) is 4. The van der Waals surface area contributed by atoms with E-state index in [4.69, 9.17) is 15.6 Å². The summed E-state index contributed by atoms with van der Waals surface area (Å²) in [6.07, 6.45) is 0.645. The van der Waals surface area contributed by atoms with Crippen LogP contribution in [0.15, 0.2) is 24.3 Å². The Hall–Kier alpha value is -1.75. The highest BCUT2D eigenvalue weighted by Gasteiger charge is 2.18. The van der Waals surface area contributed by atoms with Crippen LogP contribution in [0.4, 0.5) is 5.69 Å². The number of carbonyl (C=O) groups is 1. The van der Waals surface area contributed by atoms with Crippen molar-refractivity contribution in [1.29, 1.82) is 0 Å². The van der Waals surface area contributed by atoms with Gasteiger partial charge in [-0.2, -0.15) is 0 Å². The maximum absolute atomic E-state index is 11.6. The molecule has 0 aromatic heterocycles. The van der Waals surface area contributed by atoms with Crippen molar-refractivity contribution in [1.82, 2.24) is 5.32 Å². The van der Waals surface area contributed by atoms with E-state index in [9.17, 15) is 4.79 Å². The minimum Gasteiger partial charge on any atom is -0.484 e. The molecule has 0 radical (unpaired) electrons. The van der Waals surface area contributed by atoms with Crippen molar-refractivity contribution in [3.63, 3.8) is 0 Å². The fourth-order valence-electron chi connectivity index (χ4n) is 1.49. The van der Waals surface area contributed by atoms with Crippen LogP contribution in [0.3, 0.4) is 0 Å². The Morgan fingerprint density at radius 1 is 1.37 bits per heavy atom. The van der Waals surface area contributed by atoms with E-state index in [1.54, 1.807) is 24.3 Å². The van der Waals surface area contributed by atoms with Crippen molar-refractivity contribution < 1.29 is 14.6 Å². The van der Waals surface area contributed by atoms with Crippen LogP contribution in [-0.2, 0) is 4.79 Å². The van der Waals surface area contributed by atoms with Gasteiger partial charge < -0.3 is 20.9 Å². The molecule has 0 unspecified atom stereocenters. The van der Waals surface area contributed by atoms with Crippen LogP contribution in [-0.4, -0.2) is 30.8 Å². The van der Waals surface area contributed by atoms with Gasteiger partial charge in [0, 0.05) is 18.8 Å². The number of nitrogens with two attached hydrogens (primary N) is 1. The molecule has 0 aliphatic heterocycles. The van der Waals surface area contributed by atoms with Crippen molar-refractivity contribution in [3.05, 3.63) is 24.3 Å². The van der Waals surface area contributed by atoms with Gasteiger partial charge in [0.2, 0.25) is 0 Å². The number of amides is 1. The largest absolute Gasteiger partial charge is 0.484 e. The number of aliphatic hydroxyl groups is 1. The average Bonchev–Trinajstić information content (AvgIpc) is 2.36. The predicted molar refractivity (Wildman–Crippen MR) is 74.8 cm³/mol. The number of rotatable bonds is 7. The second-order valence-electron chi connectivity index (χ2n) is 5.27. The number of aliphatic hydroxyl groups excluding tert-OH is 1. The molecule has 1 amide bonds. The molecule has 4 N–H and O–H groups in total. The summed E-state index contributed by atoms with van der Waals surface area (Å²) in [6, 6.07) is 6.88. The molecule has 1 aromatic carbocycles. The smallest absolute Gasteiger partial charge is 0.257 e. The highest BCUT2D eigenvalue weighted by atomic mass is 16.5. The molecule has 0 atom stereocenters. The molecule has 0 aliphatic rings. The van der Waals surface area contributed by atoms with Crippen molar-refractivity contribution in [2.24, 2.45) is 5.41 Å². The molecule has 1 aromatic rings. The summed E-state index contributed by atoms with van der Waals surface area (Å²) < 4.78 is 5.33. The maximum atomic E-state index is 11.6. The van der Waals surface area contributed by atoms with Gasteiger partial charge in [-0.15, -0.1) is 0 Å². The Labute approximate surface area is 113 Å². The summed E-state index contributed by atoms with van der Waals surface area (Å²) in [4.78, 5) is 11.6. The summed E-state index contributed by atoms with van der Waals surface area (Å²) >= 11 is 0. The second-order valence-corrected chi connectivity index (χ2v) is 5.27. The van der Waals surface area contributed by atoms with Crippen LogP contribution in [0.1, 0.15) is 20.3 Å². The summed E-state index contributed by atoms with van der Waals surface area (Å²) in [6.45, 7) is 4.58. The first-order valence-electron chi connectivity index (χ1n) is 6.29. The standard InChI is InChI=1S/C14H22N2O3/c1-14(2,7-8-17)10-16-13(18)9-19-12-5-3-11(15)4-6-12/h3-6,17H,7-10,15H2,1-2H3,(H,16,18). The third kappa shape index (κ3) is 6.10. The lowest BCUT2D eigenvalue weighted by Crippen LogP contribution is -2.37. The number of ether oxygens (including phenoxy) is 1. The SMILES string of the molecule is CC(C)(CCO)CNC(=O)COc1ccc(N)cc1. The summed E-state index contributed by atoms with van der Waals surface area (Å²) in [5, 5.41) is 11.7. The van der Waals surface area contributed by atoms with E-state index in [-0.39, 0.29) is 24.5 Å². The number of hydrogen-bond donors (Lipinski definition) is 3. The van der Waals surface area contributed by atoms with Gasteiger partial charge in [0.15, 0.2) is 6.61 Å². The quantitative estimate of drug-likeness (QED) is 0.647. The Balaban J connectivity index is 2.30. The molecule has 0 heterocycles. The lowest BCUT2D eigenvalue weighted by molar-refractivity contribution is -0.123. The molecule has 0 bridgehead atoms. The van der Waals surface area contributed by atoms with Gasteiger partial charge in [-0.1, -0.05) is 13.8 Å². The van der Waals surface area contributed by atoms with Crippen LogP contribution < -0.4 is 15.8 Å². The van der Waals surface area contributed by atoms with Gasteiger partial charge in [-0.3, -0.25) is 4.79 Å². The predicted octanol–water partition coefficient (Wildman–Crippen LogP) is 1.17. The summed E-state index contributed by atoms with van der Waals surface area (Å²) in [7, 11) is 0. The van der Waals surface area contributed by atoms with Crippen molar-refractivity contribution in [3.8, 4) is 5.75 Å². The number of carbonyl (C=O) groups excluding carboxylic acids is 1. The van der Waals surface area contributed by atoms with E-state index in [0.29, 0.717) is 24.4 Å². The maximum Gasteiger partial charge on any atom is 0.257 e. The first-order chi connectivity index (χ1) is 8.93. The van der Waals surface area contributed by atoms with Crippen molar-refractivity contribution in [2.45, 2.75) is 20.3 Å². The Bertz CT molecular complexity index is 402. The van der Waals surface area contributed by atoms with E-state index < -0.39 is 0 Å². The van der Waals surface area contributed by atoms with Crippen LogP contribution in [0.2, 0.25) is 0 Å². The van der Waals surface area contributed by atoms with Gasteiger partial charge in [-0.25, -0.2) is 0 Å². The van der Waals surface area contributed by atoms with Gasteiger partial charge in [0.1, 0.15) is 5.75 Å². The zero-order chi connectivity index (χ0) is 14.3. The minimum atomic E-state index is -0.178. The first-order valence-corrected chi connectivity index (χ1v) is 6.29. The van der Waals surface area contributed by atoms with Gasteiger partial charge in [0.05, 0.1) is 0 Å². The van der Waals surface area contributed by atoms with Crippen LogP contribution in [0.25, 0.3) is 0 Å². The molecule has 0 spiro atoms. The Kier molecular flexibility index (Phi) is 5.63. The van der Waals surface area contributed by atoms with E-state index in [0.717, 1.165) is 0 Å². The number of anilines is 1. The molecule has 5 heteroatoms. The minimum absolute atomic E-state index is 0.0286. The van der Waals surface area contributed by atoms with E-state index in [1.807, 2.05) is 13.8 Å². The first kappa shape index (κ1) is 15.3. The van der Waals surface area contributed by atoms with Crippen LogP contribution in [0, 0.1) is 5.41 Å². The normalized spacial score (nSPS) is 11.1. The molecule has 0 saturated carbocycles. The number of nitrogen functional groups attached to an aromatic ring is 1. The second kappa shape index (κ2) is 6.99. The molecule has 5 nitrogen and oxygen atoms in total. The molecular formula is C14H22N2O3. The van der Waals surface area contributed by atoms with E-state index in [2.05, 4.69) is 5.32 Å². The fourth-order valence-corrected chi connectivity index (χ4v) is 1.49. The fraction of sp³-hybridized carbons (Fsp3) is 0.500. The summed E-state index contributed by atoms with van der Waals surface area (Å²) in [5.74, 6) is 0.432. The number of nitrogens with one attached hydrogen (secondary N) is 1. The van der Waals surface area contributed by atoms with Crippen molar-refractivity contribution >= 4 is 11.6 Å². The lowest BCUT2D eigenvalue weighted by Gasteiger charge is -2.23. The zero-order valence-electron chi connectivity index (χ0n) is 11.5. The van der Waals surface area contributed by atoms with Gasteiger partial charge in [-0.05, 0) is 36.1 Å². The summed E-state index contributed by atoms with van der Waals surface area (Å²) in [5.41, 5.74) is 6.09. The van der Waals surface area contributed by atoms with Gasteiger partial charge in [0.25, 0.3) is 5.91 Å². The molecule has 0 fully saturated rings. The average molecular weight is 266 g/mol. The lowest BCUT2D eigenvalue weighted by atomic mass is 9.90. The third-order valence-electron chi connectivity index (χ3n) is 2.80. The Morgan fingerprint density at radius 2 is 2.00 bits per heavy atom. The zero-order valence-corrected chi connectivity index (χ0v) is 11.5. The number of benzene rings is 1. The third-order valence-corrected chi connectivity index (χ3v) is 2.80. The molecular weight excluding hydrogens is 244 g/mol. The molecule has 1 rings (SSSR count). The van der Waals surface area contributed by atoms with E-state index in [1.165, 1.54) is 0 Å². The van der Waals surface area contributed by atoms with Gasteiger partial charge >= 0.3 is 0 Å². The highest BCUT2D eigenvalue weighted by Crippen LogP contribution is 2.18. The topological polar surface area (TPSA) is 84.6 Å². The van der Waals surface area contributed by atoms with E-state index >= 15 is 0 Å². The Morgan fingerprint density at radius 3 is 2.58 bits per heavy atom. The highest BCUT2D eigenvalue weighted by molar-refractivity contribution is 5.77.